The molecule has 0 fully saturated rings. The molecule has 24 heavy (non-hydrogen) atoms. The van der Waals surface area contributed by atoms with Crippen molar-refractivity contribution in [1.82, 2.24) is 5.32 Å². The molecule has 0 unspecified atom stereocenters. The van der Waals surface area contributed by atoms with E-state index in [2.05, 4.69) is 28.4 Å². The molecule has 0 amide bonds. The van der Waals surface area contributed by atoms with Crippen molar-refractivity contribution in [3.05, 3.63) is 65.7 Å². The van der Waals surface area contributed by atoms with Crippen molar-refractivity contribution < 1.29 is 4.74 Å². The van der Waals surface area contributed by atoms with Crippen LogP contribution in [0.5, 0.6) is 5.75 Å². The van der Waals surface area contributed by atoms with Gasteiger partial charge in [-0.05, 0) is 36.1 Å². The maximum atomic E-state index is 5.88. The predicted octanol–water partition coefficient (Wildman–Crippen LogP) is 2.39. The van der Waals surface area contributed by atoms with Gasteiger partial charge in [-0.15, -0.1) is 6.42 Å². The van der Waals surface area contributed by atoms with Gasteiger partial charge in [0, 0.05) is 13.1 Å². The van der Waals surface area contributed by atoms with Gasteiger partial charge in [-0.3, -0.25) is 4.99 Å². The van der Waals surface area contributed by atoms with Crippen molar-refractivity contribution in [3.8, 4) is 18.1 Å². The van der Waals surface area contributed by atoms with Gasteiger partial charge < -0.3 is 15.8 Å². The summed E-state index contributed by atoms with van der Waals surface area (Å²) in [7, 11) is 0. The maximum Gasteiger partial charge on any atom is 0.188 e. The first-order chi connectivity index (χ1) is 11.8. The van der Waals surface area contributed by atoms with E-state index in [0.717, 1.165) is 25.1 Å². The molecule has 0 aliphatic heterocycles. The maximum absolute atomic E-state index is 5.88. The monoisotopic (exact) mass is 321 g/mol. The lowest BCUT2D eigenvalue weighted by Crippen LogP contribution is -2.33. The molecule has 0 bridgehead atoms. The molecule has 2 rings (SSSR count). The molecule has 3 N–H and O–H groups in total. The fourth-order valence-corrected chi connectivity index (χ4v) is 2.22. The first-order valence-corrected chi connectivity index (χ1v) is 8.01. The lowest BCUT2D eigenvalue weighted by Gasteiger charge is -2.06. The summed E-state index contributed by atoms with van der Waals surface area (Å²) in [6.07, 6.45) is 6.92. The number of ether oxygens (including phenoxy) is 1. The number of hydrogen-bond acceptors (Lipinski definition) is 2. The van der Waals surface area contributed by atoms with Crippen LogP contribution in [0, 0.1) is 12.3 Å². The molecule has 0 saturated carbocycles. The lowest BCUT2D eigenvalue weighted by molar-refractivity contribution is 0.370. The number of hydrogen-bond donors (Lipinski definition) is 2. The Bertz CT molecular complexity index is 672. The highest BCUT2D eigenvalue weighted by molar-refractivity contribution is 5.77. The predicted molar refractivity (Wildman–Crippen MR) is 99.1 cm³/mol. The van der Waals surface area contributed by atoms with Crippen LogP contribution in [-0.2, 0) is 12.8 Å². The zero-order chi connectivity index (χ0) is 17.0. The van der Waals surface area contributed by atoms with Crippen LogP contribution >= 0.6 is 0 Å². The molecular weight excluding hydrogens is 298 g/mol. The average Bonchev–Trinajstić information content (AvgIpc) is 2.62. The largest absolute Gasteiger partial charge is 0.481 e. The fourth-order valence-electron chi connectivity index (χ4n) is 2.22. The van der Waals surface area contributed by atoms with Crippen LogP contribution < -0.4 is 15.8 Å². The third kappa shape index (κ3) is 6.45. The van der Waals surface area contributed by atoms with Crippen molar-refractivity contribution in [2.75, 3.05) is 19.7 Å². The number of benzene rings is 2. The molecule has 2 aromatic carbocycles. The molecule has 0 aliphatic rings. The highest BCUT2D eigenvalue weighted by atomic mass is 16.5. The van der Waals surface area contributed by atoms with E-state index in [1.807, 2.05) is 42.5 Å². The summed E-state index contributed by atoms with van der Waals surface area (Å²) in [6, 6.07) is 18.2. The molecular formula is C20H23N3O. The van der Waals surface area contributed by atoms with Gasteiger partial charge in [-0.25, -0.2) is 0 Å². The van der Waals surface area contributed by atoms with Crippen LogP contribution in [0.15, 0.2) is 59.6 Å². The van der Waals surface area contributed by atoms with Gasteiger partial charge in [0.25, 0.3) is 0 Å². The molecule has 0 radical (unpaired) electrons. The minimum Gasteiger partial charge on any atom is -0.481 e. The van der Waals surface area contributed by atoms with Crippen molar-refractivity contribution in [1.29, 1.82) is 0 Å². The number of nitrogens with zero attached hydrogens (tertiary/aromatic N) is 1. The third-order valence-corrected chi connectivity index (χ3v) is 3.49. The Balaban J connectivity index is 1.68. The fraction of sp³-hybridized carbons (Fsp3) is 0.250. The summed E-state index contributed by atoms with van der Waals surface area (Å²) in [5.41, 5.74) is 8.35. The zero-order valence-corrected chi connectivity index (χ0v) is 13.7. The standard InChI is InChI=1S/C20H23N3O/c1-2-16-24-19-10-8-18(9-11-19)13-15-23-20(21)22-14-12-17-6-4-3-5-7-17/h1,3-11H,12-16H2,(H3,21,22,23). The molecule has 4 nitrogen and oxygen atoms in total. The van der Waals surface area contributed by atoms with Gasteiger partial charge in [-0.2, -0.15) is 0 Å². The minimum atomic E-state index is 0.287. The SMILES string of the molecule is C#CCOc1ccc(CCN=C(N)NCCc2ccccc2)cc1. The van der Waals surface area contributed by atoms with E-state index in [9.17, 15) is 0 Å². The van der Waals surface area contributed by atoms with E-state index < -0.39 is 0 Å². The Labute approximate surface area is 143 Å². The van der Waals surface area contributed by atoms with Gasteiger partial charge in [0.2, 0.25) is 0 Å². The second-order valence-electron chi connectivity index (χ2n) is 5.32. The normalized spacial score (nSPS) is 10.9. The van der Waals surface area contributed by atoms with E-state index in [0.29, 0.717) is 12.5 Å². The molecule has 2 aromatic rings. The third-order valence-electron chi connectivity index (χ3n) is 3.49. The quantitative estimate of drug-likeness (QED) is 0.446. The highest BCUT2D eigenvalue weighted by Crippen LogP contribution is 2.12. The van der Waals surface area contributed by atoms with Crippen molar-refractivity contribution >= 4 is 5.96 Å². The van der Waals surface area contributed by atoms with Gasteiger partial charge in [-0.1, -0.05) is 48.4 Å². The number of rotatable bonds is 8. The van der Waals surface area contributed by atoms with E-state index in [1.54, 1.807) is 0 Å². The Hall–Kier alpha value is -2.93. The molecule has 0 heterocycles. The Morgan fingerprint density at radius 2 is 1.75 bits per heavy atom. The molecule has 0 aromatic heterocycles. The van der Waals surface area contributed by atoms with Crippen LogP contribution in [0.25, 0.3) is 0 Å². The van der Waals surface area contributed by atoms with Crippen LogP contribution in [0.3, 0.4) is 0 Å². The number of aliphatic imine (C=N–C) groups is 1. The summed E-state index contributed by atoms with van der Waals surface area (Å²) in [5, 5.41) is 3.14. The summed E-state index contributed by atoms with van der Waals surface area (Å²) < 4.78 is 5.34. The number of nitrogens with one attached hydrogen (secondary N) is 1. The first kappa shape index (κ1) is 17.4. The summed E-state index contributed by atoms with van der Waals surface area (Å²) in [5.74, 6) is 3.71. The lowest BCUT2D eigenvalue weighted by atomic mass is 10.1. The summed E-state index contributed by atoms with van der Waals surface area (Å²) in [4.78, 5) is 4.35. The van der Waals surface area contributed by atoms with Gasteiger partial charge in [0.05, 0.1) is 0 Å². The Kier molecular flexibility index (Phi) is 7.23. The molecule has 0 saturated heterocycles. The number of nitrogens with two attached hydrogens (primary N) is 1. The smallest absolute Gasteiger partial charge is 0.188 e. The first-order valence-electron chi connectivity index (χ1n) is 8.01. The number of guanidine groups is 1. The molecule has 4 heteroatoms. The van der Waals surface area contributed by atoms with E-state index in [1.165, 1.54) is 11.1 Å². The topological polar surface area (TPSA) is 59.6 Å². The number of terminal acetylenes is 1. The average molecular weight is 321 g/mol. The second-order valence-corrected chi connectivity index (χ2v) is 5.32. The van der Waals surface area contributed by atoms with Crippen LogP contribution in [0.2, 0.25) is 0 Å². The summed E-state index contributed by atoms with van der Waals surface area (Å²) >= 11 is 0. The zero-order valence-electron chi connectivity index (χ0n) is 13.7. The van der Waals surface area contributed by atoms with Gasteiger partial charge >= 0.3 is 0 Å². The van der Waals surface area contributed by atoms with Crippen molar-refractivity contribution in [3.63, 3.8) is 0 Å². The van der Waals surface area contributed by atoms with Crippen LogP contribution in [0.4, 0.5) is 0 Å². The van der Waals surface area contributed by atoms with Crippen LogP contribution in [0.1, 0.15) is 11.1 Å². The van der Waals surface area contributed by atoms with Gasteiger partial charge in [0.1, 0.15) is 12.4 Å². The van der Waals surface area contributed by atoms with E-state index in [4.69, 9.17) is 16.9 Å². The van der Waals surface area contributed by atoms with Crippen molar-refractivity contribution in [2.24, 2.45) is 10.7 Å². The highest BCUT2D eigenvalue weighted by Gasteiger charge is 1.97. The van der Waals surface area contributed by atoms with E-state index >= 15 is 0 Å². The molecule has 124 valence electrons. The Morgan fingerprint density at radius 1 is 1.04 bits per heavy atom. The van der Waals surface area contributed by atoms with Crippen LogP contribution in [-0.4, -0.2) is 25.7 Å². The minimum absolute atomic E-state index is 0.287. The molecule has 0 spiro atoms. The molecule has 0 aliphatic carbocycles. The van der Waals surface area contributed by atoms with Gasteiger partial charge in [0.15, 0.2) is 5.96 Å². The second kappa shape index (κ2) is 9.96. The van der Waals surface area contributed by atoms with Crippen molar-refractivity contribution in [2.45, 2.75) is 12.8 Å². The summed E-state index contributed by atoms with van der Waals surface area (Å²) in [6.45, 7) is 1.71. The Morgan fingerprint density at radius 3 is 2.46 bits per heavy atom. The van der Waals surface area contributed by atoms with E-state index in [-0.39, 0.29) is 6.61 Å². The molecule has 0 atom stereocenters.